The average molecular weight is 371 g/mol. The highest BCUT2D eigenvalue weighted by Crippen LogP contribution is 2.39. The highest BCUT2D eigenvalue weighted by molar-refractivity contribution is 6.67. The standard InChI is InChI=1S/C21H30BNO4/c1-17(24)15-23(18(2)20-11-7-4-8-12-20)16-21(25)27-22(23,26)14-13-19-9-5-3-6-10-19/h3,5-6,9-10,13-14,18,20,26H,4,7-8,11-12,15-16H2,1-2H3/t18-,22?,23?/m0/s1. The molecule has 5 nitrogen and oxygen atoms in total. The molecule has 1 aromatic carbocycles. The van der Waals surface area contributed by atoms with E-state index in [0.29, 0.717) is 5.92 Å². The number of benzene rings is 1. The van der Waals surface area contributed by atoms with E-state index in [1.54, 1.807) is 12.1 Å². The molecule has 0 spiro atoms. The molecule has 27 heavy (non-hydrogen) atoms. The molecule has 2 unspecified atom stereocenters. The van der Waals surface area contributed by atoms with Crippen LogP contribution in [0, 0.1) is 5.92 Å². The maximum Gasteiger partial charge on any atom is 0.549 e. The molecule has 1 saturated heterocycles. The smallest absolute Gasteiger partial charge is 0.549 e. The van der Waals surface area contributed by atoms with E-state index in [0.717, 1.165) is 31.2 Å². The molecule has 1 aliphatic heterocycles. The number of Topliss-reactive ketones (excluding diaryl/α,β-unsaturated/α-hetero) is 1. The van der Waals surface area contributed by atoms with Gasteiger partial charge in [-0.3, -0.25) is 9.59 Å². The zero-order valence-corrected chi connectivity index (χ0v) is 16.3. The molecule has 3 rings (SSSR count). The van der Waals surface area contributed by atoms with Crippen molar-refractivity contribution in [3.63, 3.8) is 0 Å². The van der Waals surface area contributed by atoms with Gasteiger partial charge in [-0.1, -0.05) is 55.7 Å². The first-order valence-corrected chi connectivity index (χ1v) is 10.1. The molecule has 0 aromatic heterocycles. The molecule has 1 N–H and O–H groups in total. The Kier molecular flexibility index (Phi) is 5.87. The fourth-order valence-electron chi connectivity index (χ4n) is 4.98. The number of quaternary nitrogens is 1. The number of rotatable bonds is 6. The summed E-state index contributed by atoms with van der Waals surface area (Å²) in [4.78, 5) is 24.5. The molecule has 0 bridgehead atoms. The van der Waals surface area contributed by atoms with Gasteiger partial charge in [0.05, 0.1) is 6.04 Å². The van der Waals surface area contributed by atoms with Gasteiger partial charge in [0.15, 0.2) is 5.78 Å². The number of carbonyl (C=O) groups is 2. The summed E-state index contributed by atoms with van der Waals surface area (Å²) in [6, 6.07) is 9.59. The Balaban J connectivity index is 1.98. The Morgan fingerprint density at radius 1 is 1.30 bits per heavy atom. The van der Waals surface area contributed by atoms with Gasteiger partial charge in [0.1, 0.15) is 13.1 Å². The maximum atomic E-state index is 12.3. The zero-order valence-electron chi connectivity index (χ0n) is 16.3. The third-order valence-electron chi connectivity index (χ3n) is 6.46. The van der Waals surface area contributed by atoms with Crippen molar-refractivity contribution in [3.8, 4) is 0 Å². The molecule has 0 amide bonds. The van der Waals surface area contributed by atoms with Crippen molar-refractivity contribution in [2.45, 2.75) is 52.0 Å². The van der Waals surface area contributed by atoms with Gasteiger partial charge in [-0.05, 0) is 25.3 Å². The van der Waals surface area contributed by atoms with E-state index >= 15 is 0 Å². The van der Waals surface area contributed by atoms with E-state index in [4.69, 9.17) is 4.65 Å². The topological polar surface area (TPSA) is 63.6 Å². The van der Waals surface area contributed by atoms with Crippen LogP contribution in [0.2, 0.25) is 0 Å². The lowest BCUT2D eigenvalue weighted by atomic mass is 9.63. The van der Waals surface area contributed by atoms with E-state index in [1.807, 2.05) is 30.3 Å². The van der Waals surface area contributed by atoms with Gasteiger partial charge in [0.2, 0.25) is 0 Å². The predicted molar refractivity (Wildman–Crippen MR) is 106 cm³/mol. The Morgan fingerprint density at radius 3 is 2.59 bits per heavy atom. The molecular formula is C21H30BNO4. The molecular weight excluding hydrogens is 341 g/mol. The summed E-state index contributed by atoms with van der Waals surface area (Å²) in [5, 5.41) is 11.5. The number of hydrogen-bond acceptors (Lipinski definition) is 4. The summed E-state index contributed by atoms with van der Waals surface area (Å²) >= 11 is 0. The van der Waals surface area contributed by atoms with Gasteiger partial charge in [0.25, 0.3) is 0 Å². The maximum absolute atomic E-state index is 12.3. The van der Waals surface area contributed by atoms with Crippen LogP contribution in [-0.2, 0) is 14.2 Å². The number of carbonyl (C=O) groups excluding carboxylic acids is 2. The minimum atomic E-state index is -2.64. The van der Waals surface area contributed by atoms with E-state index < -0.39 is 12.7 Å². The van der Waals surface area contributed by atoms with Crippen molar-refractivity contribution >= 4 is 24.5 Å². The van der Waals surface area contributed by atoms with Crippen molar-refractivity contribution in [2.75, 3.05) is 13.1 Å². The fraction of sp³-hybridized carbons (Fsp3) is 0.524. The quantitative estimate of drug-likeness (QED) is 0.781. The van der Waals surface area contributed by atoms with Gasteiger partial charge in [0, 0.05) is 12.8 Å². The highest BCUT2D eigenvalue weighted by atomic mass is 16.6. The van der Waals surface area contributed by atoms with Crippen LogP contribution in [0.4, 0.5) is 0 Å². The molecule has 1 aromatic rings. The van der Waals surface area contributed by atoms with E-state index in [1.165, 1.54) is 13.3 Å². The second-order valence-corrected chi connectivity index (χ2v) is 8.28. The van der Waals surface area contributed by atoms with Gasteiger partial charge in [-0.25, -0.2) is 0 Å². The lowest BCUT2D eigenvalue weighted by molar-refractivity contribution is -0.852. The lowest BCUT2D eigenvalue weighted by Gasteiger charge is -2.54. The Labute approximate surface area is 161 Å². The van der Waals surface area contributed by atoms with Crippen LogP contribution < -0.4 is 0 Å². The summed E-state index contributed by atoms with van der Waals surface area (Å²) in [5.41, 5.74) is 0.919. The molecule has 146 valence electrons. The fourth-order valence-corrected chi connectivity index (χ4v) is 4.98. The minimum absolute atomic E-state index is 0.00215. The summed E-state index contributed by atoms with van der Waals surface area (Å²) in [7, 11) is 0. The molecule has 1 heterocycles. The molecule has 2 aliphatic rings. The number of nitrogens with zero attached hydrogens (tertiary/aromatic N) is 1. The Bertz CT molecular complexity index is 716. The van der Waals surface area contributed by atoms with E-state index in [9.17, 15) is 14.6 Å². The van der Waals surface area contributed by atoms with E-state index in [-0.39, 0.29) is 29.3 Å². The average Bonchev–Trinajstić information content (AvgIpc) is 2.91. The first-order chi connectivity index (χ1) is 12.9. The van der Waals surface area contributed by atoms with Crippen LogP contribution in [0.25, 0.3) is 6.08 Å². The Hall–Kier alpha value is -1.92. The second-order valence-electron chi connectivity index (χ2n) is 8.28. The van der Waals surface area contributed by atoms with Crippen molar-refractivity contribution in [2.24, 2.45) is 5.92 Å². The van der Waals surface area contributed by atoms with Crippen LogP contribution in [0.15, 0.2) is 36.3 Å². The Morgan fingerprint density at radius 2 is 1.96 bits per heavy atom. The van der Waals surface area contributed by atoms with Crippen LogP contribution in [0.3, 0.4) is 0 Å². The molecule has 0 radical (unpaired) electrons. The van der Waals surface area contributed by atoms with Crippen molar-refractivity contribution in [1.29, 1.82) is 0 Å². The molecule has 6 heteroatoms. The summed E-state index contributed by atoms with van der Waals surface area (Å²) < 4.78 is 5.51. The minimum Gasteiger partial charge on any atom is -0.607 e. The summed E-state index contributed by atoms with van der Waals surface area (Å²) in [6.45, 7) is 1.11. The van der Waals surface area contributed by atoms with Crippen molar-refractivity contribution < 1.29 is 23.7 Å². The van der Waals surface area contributed by atoms with Crippen molar-refractivity contribution in [1.82, 2.24) is 0 Å². The molecule has 2 fully saturated rings. The predicted octanol–water partition coefficient (Wildman–Crippen LogP) is 3.10. The zero-order chi connectivity index (χ0) is 19.5. The highest BCUT2D eigenvalue weighted by Gasteiger charge is 2.59. The van der Waals surface area contributed by atoms with Gasteiger partial charge in [-0.15, -0.1) is 5.98 Å². The van der Waals surface area contributed by atoms with Gasteiger partial charge >= 0.3 is 12.7 Å². The first kappa shape index (κ1) is 19.8. The molecule has 1 aliphatic carbocycles. The molecule has 3 atom stereocenters. The SMILES string of the molecule is CC(=O)C[N+]1([C@@H](C)C2CCCCC2)CC(=O)O[B-]1(O)C=Cc1ccccc1. The number of hydrogen-bond donors (Lipinski definition) is 1. The summed E-state index contributed by atoms with van der Waals surface area (Å²) in [6.07, 6.45) is 7.49. The van der Waals surface area contributed by atoms with Crippen molar-refractivity contribution in [3.05, 3.63) is 41.9 Å². The third kappa shape index (κ3) is 4.02. The molecule has 1 saturated carbocycles. The van der Waals surface area contributed by atoms with Gasteiger partial charge < -0.3 is 14.1 Å². The van der Waals surface area contributed by atoms with Crippen LogP contribution >= 0.6 is 0 Å². The monoisotopic (exact) mass is 371 g/mol. The third-order valence-corrected chi connectivity index (χ3v) is 6.46. The van der Waals surface area contributed by atoms with Crippen LogP contribution in [-0.4, -0.2) is 47.0 Å². The van der Waals surface area contributed by atoms with Gasteiger partial charge in [-0.2, -0.15) is 0 Å². The van der Waals surface area contributed by atoms with E-state index in [2.05, 4.69) is 6.92 Å². The number of ketones is 1. The lowest BCUT2D eigenvalue weighted by Crippen LogP contribution is -2.71. The van der Waals surface area contributed by atoms with Crippen LogP contribution in [0.5, 0.6) is 0 Å². The largest absolute Gasteiger partial charge is 0.607 e. The second kappa shape index (κ2) is 7.99. The normalized spacial score (nSPS) is 30.4. The summed E-state index contributed by atoms with van der Waals surface area (Å²) in [5.74, 6) is 1.53. The van der Waals surface area contributed by atoms with Crippen LogP contribution in [0.1, 0.15) is 51.5 Å². The first-order valence-electron chi connectivity index (χ1n) is 10.1.